The van der Waals surface area contributed by atoms with Crippen molar-refractivity contribution in [2.75, 3.05) is 13.6 Å². The van der Waals surface area contributed by atoms with Crippen LogP contribution in [0.4, 0.5) is 4.39 Å². The zero-order valence-corrected chi connectivity index (χ0v) is 18.3. The molecule has 0 unspecified atom stereocenters. The summed E-state index contributed by atoms with van der Waals surface area (Å²) in [5.41, 5.74) is 3.43. The van der Waals surface area contributed by atoms with Gasteiger partial charge in [-0.1, -0.05) is 0 Å². The monoisotopic (exact) mass is 441 g/mol. The summed E-state index contributed by atoms with van der Waals surface area (Å²) in [6.07, 6.45) is 5.90. The number of benzene rings is 1. The van der Waals surface area contributed by atoms with Gasteiger partial charge < -0.3 is 4.90 Å². The van der Waals surface area contributed by atoms with Crippen molar-refractivity contribution < 1.29 is 9.18 Å². The van der Waals surface area contributed by atoms with E-state index in [9.17, 15) is 9.18 Å². The molecular weight excluding hydrogens is 417 g/mol. The van der Waals surface area contributed by atoms with Crippen molar-refractivity contribution in [3.05, 3.63) is 66.0 Å². The Morgan fingerprint density at radius 1 is 1.16 bits per heavy atom. The molecule has 1 N–H and O–H groups in total. The van der Waals surface area contributed by atoms with Crippen LogP contribution in [0.2, 0.25) is 0 Å². The molecular formula is C23H25ClFN5O. The van der Waals surface area contributed by atoms with Gasteiger partial charge in [-0.05, 0) is 68.1 Å². The second-order valence-electron chi connectivity index (χ2n) is 8.31. The second-order valence-corrected chi connectivity index (χ2v) is 8.31. The van der Waals surface area contributed by atoms with Gasteiger partial charge >= 0.3 is 0 Å². The topological polar surface area (TPSA) is 63.1 Å². The SMILES string of the molecule is Cc1ccnn1-c1ccc(F)c(-c2ccnc([C@H]3CC[C@@]4(CCN(C)C4=O)N3)c2)c1.Cl. The summed E-state index contributed by atoms with van der Waals surface area (Å²) in [6.45, 7) is 2.74. The number of likely N-dealkylation sites (N-methyl/N-ethyl adjacent to an activating group) is 1. The number of aromatic nitrogens is 3. The lowest BCUT2D eigenvalue weighted by Crippen LogP contribution is -2.47. The quantitative estimate of drug-likeness (QED) is 0.671. The fourth-order valence-corrected chi connectivity index (χ4v) is 4.70. The molecule has 2 aromatic heterocycles. The molecule has 8 heteroatoms. The van der Waals surface area contributed by atoms with E-state index in [1.807, 2.05) is 38.2 Å². The summed E-state index contributed by atoms with van der Waals surface area (Å²) in [5, 5.41) is 7.86. The first-order chi connectivity index (χ1) is 14.5. The molecule has 1 spiro atoms. The number of nitrogens with zero attached hydrogens (tertiary/aromatic N) is 4. The first kappa shape index (κ1) is 21.5. The van der Waals surface area contributed by atoms with Gasteiger partial charge in [0.15, 0.2) is 0 Å². The molecule has 2 atom stereocenters. The Bertz CT molecular complexity index is 1130. The van der Waals surface area contributed by atoms with Gasteiger partial charge in [-0.25, -0.2) is 9.07 Å². The van der Waals surface area contributed by atoms with Crippen molar-refractivity contribution in [2.45, 2.75) is 37.8 Å². The fourth-order valence-electron chi connectivity index (χ4n) is 4.70. The van der Waals surface area contributed by atoms with Gasteiger partial charge in [-0.2, -0.15) is 5.10 Å². The third kappa shape index (κ3) is 3.62. The van der Waals surface area contributed by atoms with Gasteiger partial charge in [0.25, 0.3) is 0 Å². The van der Waals surface area contributed by atoms with Gasteiger partial charge in [0.2, 0.25) is 5.91 Å². The minimum atomic E-state index is -0.472. The molecule has 2 aliphatic heterocycles. The Hall–Kier alpha value is -2.77. The number of pyridine rings is 1. The number of hydrogen-bond acceptors (Lipinski definition) is 4. The molecule has 1 aromatic carbocycles. The van der Waals surface area contributed by atoms with Crippen molar-refractivity contribution in [2.24, 2.45) is 0 Å². The molecule has 5 rings (SSSR count). The van der Waals surface area contributed by atoms with Crippen LogP contribution in [0.3, 0.4) is 0 Å². The molecule has 0 bridgehead atoms. The second kappa shape index (κ2) is 8.05. The first-order valence-corrected chi connectivity index (χ1v) is 10.3. The Labute approximate surface area is 186 Å². The van der Waals surface area contributed by atoms with E-state index in [-0.39, 0.29) is 30.2 Å². The van der Waals surface area contributed by atoms with E-state index in [1.165, 1.54) is 6.07 Å². The van der Waals surface area contributed by atoms with E-state index in [0.717, 1.165) is 48.4 Å². The van der Waals surface area contributed by atoms with Crippen molar-refractivity contribution in [1.82, 2.24) is 25.0 Å². The Balaban J connectivity index is 0.00000231. The van der Waals surface area contributed by atoms with E-state index in [2.05, 4.69) is 15.4 Å². The lowest BCUT2D eigenvalue weighted by Gasteiger charge is -2.23. The van der Waals surface area contributed by atoms with Crippen molar-refractivity contribution >= 4 is 18.3 Å². The maximum Gasteiger partial charge on any atom is 0.242 e. The Morgan fingerprint density at radius 3 is 2.71 bits per heavy atom. The van der Waals surface area contributed by atoms with Crippen LogP contribution in [0.15, 0.2) is 48.8 Å². The maximum absolute atomic E-state index is 14.7. The Kier molecular flexibility index (Phi) is 5.58. The standard InChI is InChI=1S/C23H24FN5O.ClH/c1-15-6-11-26-29(15)17-3-4-19(24)18(14-17)16-7-10-25-21(13-16)20-5-8-23(27-20)9-12-28(2)22(23)30;/h3-4,6-7,10-11,13-14,20,27H,5,8-9,12H2,1-2H3;1H/t20-,23+;/m1./s1. The van der Waals surface area contributed by atoms with Crippen LogP contribution in [-0.2, 0) is 4.79 Å². The predicted octanol–water partition coefficient (Wildman–Crippen LogP) is 3.83. The molecule has 3 aromatic rings. The number of carbonyl (C=O) groups excluding carboxylic acids is 1. The van der Waals surface area contributed by atoms with Crippen LogP contribution in [0.5, 0.6) is 0 Å². The van der Waals surface area contributed by atoms with E-state index in [4.69, 9.17) is 0 Å². The molecule has 0 radical (unpaired) electrons. The minimum Gasteiger partial charge on any atom is -0.344 e. The summed E-state index contributed by atoms with van der Waals surface area (Å²) in [4.78, 5) is 18.9. The summed E-state index contributed by atoms with van der Waals surface area (Å²) < 4.78 is 16.5. The fraction of sp³-hybridized carbons (Fsp3) is 0.348. The van der Waals surface area contributed by atoms with Crippen LogP contribution in [0.25, 0.3) is 16.8 Å². The molecule has 2 saturated heterocycles. The largest absolute Gasteiger partial charge is 0.344 e. The van der Waals surface area contributed by atoms with Crippen molar-refractivity contribution in [1.29, 1.82) is 0 Å². The van der Waals surface area contributed by atoms with Gasteiger partial charge in [-0.15, -0.1) is 12.4 Å². The normalized spacial score (nSPS) is 22.9. The highest BCUT2D eigenvalue weighted by Gasteiger charge is 2.50. The number of aryl methyl sites for hydroxylation is 1. The smallest absolute Gasteiger partial charge is 0.242 e. The van der Waals surface area contributed by atoms with Crippen LogP contribution >= 0.6 is 12.4 Å². The molecule has 6 nitrogen and oxygen atoms in total. The number of amides is 1. The number of rotatable bonds is 3. The summed E-state index contributed by atoms with van der Waals surface area (Å²) >= 11 is 0. The molecule has 2 aliphatic rings. The van der Waals surface area contributed by atoms with Crippen LogP contribution < -0.4 is 5.32 Å². The number of likely N-dealkylation sites (tertiary alicyclic amines) is 1. The highest BCUT2D eigenvalue weighted by molar-refractivity contribution is 5.88. The lowest BCUT2D eigenvalue weighted by atomic mass is 9.96. The van der Waals surface area contributed by atoms with E-state index < -0.39 is 5.54 Å². The molecule has 162 valence electrons. The van der Waals surface area contributed by atoms with Crippen LogP contribution in [0, 0.1) is 12.7 Å². The molecule has 1 amide bonds. The lowest BCUT2D eigenvalue weighted by molar-refractivity contribution is -0.131. The third-order valence-electron chi connectivity index (χ3n) is 6.42. The zero-order chi connectivity index (χ0) is 20.9. The Morgan fingerprint density at radius 2 is 2.00 bits per heavy atom. The first-order valence-electron chi connectivity index (χ1n) is 10.3. The van der Waals surface area contributed by atoms with Crippen LogP contribution in [-0.4, -0.2) is 44.7 Å². The van der Waals surface area contributed by atoms with Gasteiger partial charge in [0.05, 0.1) is 17.4 Å². The predicted molar refractivity (Wildman–Crippen MR) is 119 cm³/mol. The van der Waals surface area contributed by atoms with Crippen LogP contribution in [0.1, 0.15) is 36.7 Å². The van der Waals surface area contributed by atoms with Gasteiger partial charge in [0, 0.05) is 37.2 Å². The molecule has 4 heterocycles. The van der Waals surface area contributed by atoms with E-state index >= 15 is 0 Å². The van der Waals surface area contributed by atoms with Gasteiger partial charge in [-0.3, -0.25) is 15.1 Å². The summed E-state index contributed by atoms with van der Waals surface area (Å²) in [5.74, 6) is -0.126. The number of hydrogen-bond donors (Lipinski definition) is 1. The minimum absolute atomic E-state index is 0. The number of halogens is 2. The maximum atomic E-state index is 14.7. The van der Waals surface area contributed by atoms with E-state index in [0.29, 0.717) is 5.56 Å². The third-order valence-corrected chi connectivity index (χ3v) is 6.42. The molecule has 0 saturated carbocycles. The van der Waals surface area contributed by atoms with Gasteiger partial charge in [0.1, 0.15) is 11.4 Å². The highest BCUT2D eigenvalue weighted by Crippen LogP contribution is 2.39. The van der Waals surface area contributed by atoms with Crippen molar-refractivity contribution in [3.8, 4) is 16.8 Å². The zero-order valence-electron chi connectivity index (χ0n) is 17.5. The molecule has 2 fully saturated rings. The summed E-state index contributed by atoms with van der Waals surface area (Å²) in [7, 11) is 1.85. The van der Waals surface area contributed by atoms with E-state index in [1.54, 1.807) is 28.0 Å². The molecule has 31 heavy (non-hydrogen) atoms. The van der Waals surface area contributed by atoms with Crippen molar-refractivity contribution in [3.63, 3.8) is 0 Å². The molecule has 0 aliphatic carbocycles. The highest BCUT2D eigenvalue weighted by atomic mass is 35.5. The average Bonchev–Trinajstić information content (AvgIpc) is 3.45. The average molecular weight is 442 g/mol. The number of nitrogens with one attached hydrogen (secondary N) is 1. The summed E-state index contributed by atoms with van der Waals surface area (Å²) in [6, 6.07) is 10.7. The number of carbonyl (C=O) groups is 1.